The Balaban J connectivity index is 2.20. The lowest BCUT2D eigenvalue weighted by atomic mass is 10.2. The molecule has 0 aliphatic carbocycles. The number of nitrogens with two attached hydrogens (primary N) is 1. The van der Waals surface area contributed by atoms with Crippen LogP contribution in [-0.2, 0) is 0 Å². The van der Waals surface area contributed by atoms with Crippen LogP contribution in [0.15, 0.2) is 42.5 Å². The van der Waals surface area contributed by atoms with E-state index in [1.165, 1.54) is 36.4 Å². The van der Waals surface area contributed by atoms with Gasteiger partial charge in [0.05, 0.1) is 10.6 Å². The molecule has 0 unspecified atom stereocenters. The highest BCUT2D eigenvalue weighted by molar-refractivity contribution is 6.34. The maximum absolute atomic E-state index is 12.7. The SMILES string of the molecule is NNC(=O)c1ccc(Oc2ccc(F)cc2)cc1Cl. The van der Waals surface area contributed by atoms with Crippen LogP contribution < -0.4 is 16.0 Å². The molecule has 98 valence electrons. The standard InChI is InChI=1S/C13H10ClFN2O2/c14-12-7-10(5-6-11(12)13(18)17-16)19-9-3-1-8(15)2-4-9/h1-7H,16H2,(H,17,18). The van der Waals surface area contributed by atoms with Gasteiger partial charge >= 0.3 is 0 Å². The zero-order valence-electron chi connectivity index (χ0n) is 9.69. The first-order chi connectivity index (χ1) is 9.10. The molecular formula is C13H10ClFN2O2. The molecular weight excluding hydrogens is 271 g/mol. The zero-order chi connectivity index (χ0) is 13.8. The number of nitrogen functional groups attached to an aromatic ring is 1. The second-order valence-corrected chi connectivity index (χ2v) is 4.08. The summed E-state index contributed by atoms with van der Waals surface area (Å²) in [6, 6.07) is 10.1. The minimum atomic E-state index is -0.488. The molecule has 6 heteroatoms. The van der Waals surface area contributed by atoms with Gasteiger partial charge in [-0.3, -0.25) is 10.2 Å². The van der Waals surface area contributed by atoms with E-state index in [1.807, 2.05) is 5.43 Å². The molecule has 0 heterocycles. The van der Waals surface area contributed by atoms with Gasteiger partial charge in [0.2, 0.25) is 0 Å². The van der Waals surface area contributed by atoms with Crippen LogP contribution in [0.1, 0.15) is 10.4 Å². The molecule has 0 aromatic heterocycles. The Kier molecular flexibility index (Phi) is 3.99. The molecule has 4 nitrogen and oxygen atoms in total. The third-order valence-electron chi connectivity index (χ3n) is 2.37. The lowest BCUT2D eigenvalue weighted by Gasteiger charge is -2.08. The largest absolute Gasteiger partial charge is 0.457 e. The van der Waals surface area contributed by atoms with Crippen LogP contribution in [0.4, 0.5) is 4.39 Å². The Morgan fingerprint density at radius 1 is 1.16 bits per heavy atom. The van der Waals surface area contributed by atoms with Crippen LogP contribution >= 0.6 is 11.6 Å². The van der Waals surface area contributed by atoms with Crippen molar-refractivity contribution in [2.45, 2.75) is 0 Å². The fourth-order valence-corrected chi connectivity index (χ4v) is 1.72. The molecule has 0 atom stereocenters. The van der Waals surface area contributed by atoms with Gasteiger partial charge < -0.3 is 4.74 Å². The average molecular weight is 281 g/mol. The minimum absolute atomic E-state index is 0.211. The number of carbonyl (C=O) groups is 1. The van der Waals surface area contributed by atoms with Gasteiger partial charge in [-0.15, -0.1) is 0 Å². The number of carbonyl (C=O) groups excluding carboxylic acids is 1. The van der Waals surface area contributed by atoms with E-state index in [0.29, 0.717) is 11.5 Å². The summed E-state index contributed by atoms with van der Waals surface area (Å²) in [4.78, 5) is 11.3. The highest BCUT2D eigenvalue weighted by atomic mass is 35.5. The van der Waals surface area contributed by atoms with Gasteiger partial charge in [-0.05, 0) is 36.4 Å². The molecule has 2 rings (SSSR count). The minimum Gasteiger partial charge on any atom is -0.457 e. The molecule has 0 spiro atoms. The molecule has 3 N–H and O–H groups in total. The number of rotatable bonds is 3. The first-order valence-electron chi connectivity index (χ1n) is 5.34. The Morgan fingerprint density at radius 2 is 1.79 bits per heavy atom. The van der Waals surface area contributed by atoms with Gasteiger partial charge in [-0.25, -0.2) is 10.2 Å². The van der Waals surface area contributed by atoms with Gasteiger partial charge in [-0.2, -0.15) is 0 Å². The molecule has 0 fully saturated rings. The molecule has 0 saturated carbocycles. The Hall–Kier alpha value is -2.11. The van der Waals surface area contributed by atoms with Crippen molar-refractivity contribution in [1.82, 2.24) is 5.43 Å². The number of halogens is 2. The number of ether oxygens (including phenoxy) is 1. The summed E-state index contributed by atoms with van der Waals surface area (Å²) in [7, 11) is 0. The number of nitrogens with one attached hydrogen (secondary N) is 1. The van der Waals surface area contributed by atoms with Crippen molar-refractivity contribution in [2.24, 2.45) is 5.84 Å². The summed E-state index contributed by atoms with van der Waals surface area (Å²) in [5.41, 5.74) is 2.24. The van der Waals surface area contributed by atoms with E-state index >= 15 is 0 Å². The van der Waals surface area contributed by atoms with Crippen molar-refractivity contribution in [1.29, 1.82) is 0 Å². The fourth-order valence-electron chi connectivity index (χ4n) is 1.46. The predicted octanol–water partition coefficient (Wildman–Crippen LogP) is 2.87. The van der Waals surface area contributed by atoms with E-state index < -0.39 is 5.91 Å². The van der Waals surface area contributed by atoms with Crippen molar-refractivity contribution >= 4 is 17.5 Å². The van der Waals surface area contributed by atoms with Crippen LogP contribution in [0.25, 0.3) is 0 Å². The third-order valence-corrected chi connectivity index (χ3v) is 2.68. The van der Waals surface area contributed by atoms with Gasteiger partial charge in [-0.1, -0.05) is 11.6 Å². The Bertz CT molecular complexity index is 602. The summed E-state index contributed by atoms with van der Waals surface area (Å²) >= 11 is 5.94. The van der Waals surface area contributed by atoms with E-state index in [2.05, 4.69) is 0 Å². The highest BCUT2D eigenvalue weighted by Crippen LogP contribution is 2.26. The molecule has 2 aromatic carbocycles. The topological polar surface area (TPSA) is 64.3 Å². The molecule has 1 amide bonds. The van der Waals surface area contributed by atoms with Crippen molar-refractivity contribution in [2.75, 3.05) is 0 Å². The number of benzene rings is 2. The molecule has 2 aromatic rings. The molecule has 0 aliphatic rings. The van der Waals surface area contributed by atoms with Crippen molar-refractivity contribution in [3.63, 3.8) is 0 Å². The van der Waals surface area contributed by atoms with Crippen LogP contribution in [0.5, 0.6) is 11.5 Å². The number of amides is 1. The van der Waals surface area contributed by atoms with E-state index in [-0.39, 0.29) is 16.4 Å². The number of hydrogen-bond acceptors (Lipinski definition) is 3. The van der Waals surface area contributed by atoms with E-state index in [0.717, 1.165) is 0 Å². The van der Waals surface area contributed by atoms with Crippen molar-refractivity contribution < 1.29 is 13.9 Å². The molecule has 0 radical (unpaired) electrons. The second-order valence-electron chi connectivity index (χ2n) is 3.67. The normalized spacial score (nSPS) is 10.1. The van der Waals surface area contributed by atoms with E-state index in [9.17, 15) is 9.18 Å². The summed E-state index contributed by atoms with van der Waals surface area (Å²) in [5.74, 6) is 5.09. The number of hydrogen-bond donors (Lipinski definition) is 2. The smallest absolute Gasteiger partial charge is 0.266 e. The highest BCUT2D eigenvalue weighted by Gasteiger charge is 2.10. The maximum Gasteiger partial charge on any atom is 0.266 e. The quantitative estimate of drug-likeness (QED) is 0.516. The van der Waals surface area contributed by atoms with Crippen molar-refractivity contribution in [3.05, 3.63) is 58.9 Å². The summed E-state index contributed by atoms with van der Waals surface area (Å²) in [6.07, 6.45) is 0. The first kappa shape index (κ1) is 13.3. The molecule has 0 bridgehead atoms. The first-order valence-corrected chi connectivity index (χ1v) is 5.72. The van der Waals surface area contributed by atoms with Crippen LogP contribution in [-0.4, -0.2) is 5.91 Å². The van der Waals surface area contributed by atoms with Gasteiger partial charge in [0, 0.05) is 6.07 Å². The zero-order valence-corrected chi connectivity index (χ0v) is 10.4. The Labute approximate surface area is 113 Å². The van der Waals surface area contributed by atoms with Crippen molar-refractivity contribution in [3.8, 4) is 11.5 Å². The fraction of sp³-hybridized carbons (Fsp3) is 0. The molecule has 0 aliphatic heterocycles. The van der Waals surface area contributed by atoms with Gasteiger partial charge in [0.1, 0.15) is 17.3 Å². The van der Waals surface area contributed by atoms with Crippen LogP contribution in [0, 0.1) is 5.82 Å². The lowest BCUT2D eigenvalue weighted by molar-refractivity contribution is 0.0954. The average Bonchev–Trinajstić information content (AvgIpc) is 2.41. The second kappa shape index (κ2) is 5.69. The molecule has 0 saturated heterocycles. The van der Waals surface area contributed by atoms with E-state index in [1.54, 1.807) is 6.07 Å². The Morgan fingerprint density at radius 3 is 2.37 bits per heavy atom. The predicted molar refractivity (Wildman–Crippen MR) is 69.6 cm³/mol. The summed E-state index contributed by atoms with van der Waals surface area (Å²) < 4.78 is 18.2. The van der Waals surface area contributed by atoms with Gasteiger partial charge in [0.15, 0.2) is 0 Å². The third kappa shape index (κ3) is 3.21. The summed E-state index contributed by atoms with van der Waals surface area (Å²) in [6.45, 7) is 0. The summed E-state index contributed by atoms with van der Waals surface area (Å²) in [5, 5.41) is 0.211. The monoisotopic (exact) mass is 280 g/mol. The maximum atomic E-state index is 12.7. The van der Waals surface area contributed by atoms with Crippen LogP contribution in [0.3, 0.4) is 0 Å². The molecule has 19 heavy (non-hydrogen) atoms. The number of hydrazine groups is 1. The van der Waals surface area contributed by atoms with E-state index in [4.69, 9.17) is 22.2 Å². The van der Waals surface area contributed by atoms with Gasteiger partial charge in [0.25, 0.3) is 5.91 Å². The van der Waals surface area contributed by atoms with Crippen LogP contribution in [0.2, 0.25) is 5.02 Å². The lowest BCUT2D eigenvalue weighted by Crippen LogP contribution is -2.30.